The molecule has 1 aliphatic carbocycles. The van der Waals surface area contributed by atoms with Crippen LogP contribution < -0.4 is 9.80 Å². The van der Waals surface area contributed by atoms with E-state index in [1.165, 1.54) is 0 Å². The molecule has 2 aliphatic heterocycles. The molecule has 2 heterocycles. The summed E-state index contributed by atoms with van der Waals surface area (Å²) in [6.45, 7) is 0. The third-order valence-corrected chi connectivity index (χ3v) is 8.67. The molecule has 0 radical (unpaired) electrons. The number of hydrogen-bond donors (Lipinski definition) is 2. The maximum atomic E-state index is 13.6. The molecule has 0 bridgehead atoms. The lowest BCUT2D eigenvalue weighted by atomic mass is 9.85. The van der Waals surface area contributed by atoms with E-state index in [0.29, 0.717) is 0 Å². The molecule has 3 aliphatic rings. The monoisotopic (exact) mass is 526 g/mol. The number of ketones is 1. The van der Waals surface area contributed by atoms with Crippen molar-refractivity contribution in [2.24, 2.45) is 11.8 Å². The van der Waals surface area contributed by atoms with Crippen molar-refractivity contribution in [2.75, 3.05) is 23.9 Å². The number of nitrogens with zero attached hydrogens (tertiary/aromatic N) is 2. The molecule has 1 saturated carbocycles. The standard InChI is InChI=1S/C35H30N2O3/c1-36-29-15-7-3-11-21(29)25(22-12-4-8-16-30(22)36)19-27-33(38)28(35(40)34(27)39)20-26-23-13-5-9-17-31(23)37(2)32-18-10-6-14-24(26)32/h3-20,27-28,33-34,38-39H,1-2H3. The number of para-hydroxylation sites is 4. The largest absolute Gasteiger partial charge is 0.391 e. The van der Waals surface area contributed by atoms with Crippen LogP contribution in [0.5, 0.6) is 0 Å². The fraction of sp³-hybridized carbons (Fsp3) is 0.171. The van der Waals surface area contributed by atoms with Gasteiger partial charge in [-0.15, -0.1) is 0 Å². The van der Waals surface area contributed by atoms with Crippen LogP contribution in [-0.4, -0.2) is 42.3 Å². The zero-order chi connectivity index (χ0) is 27.5. The molecule has 7 rings (SSSR count). The number of carbonyl (C=O) groups is 1. The Bertz CT molecular complexity index is 1620. The second kappa shape index (κ2) is 9.33. The molecule has 5 nitrogen and oxygen atoms in total. The quantitative estimate of drug-likeness (QED) is 0.338. The Labute approximate surface area is 233 Å². The first-order valence-corrected chi connectivity index (χ1v) is 13.6. The summed E-state index contributed by atoms with van der Waals surface area (Å²) in [6, 6.07) is 32.4. The minimum absolute atomic E-state index is 0.356. The minimum atomic E-state index is -1.31. The van der Waals surface area contributed by atoms with Gasteiger partial charge in [-0.25, -0.2) is 0 Å². The molecule has 0 saturated heterocycles. The average molecular weight is 527 g/mol. The van der Waals surface area contributed by atoms with Crippen LogP contribution in [0.15, 0.2) is 109 Å². The molecule has 0 amide bonds. The van der Waals surface area contributed by atoms with E-state index < -0.39 is 24.0 Å². The van der Waals surface area contributed by atoms with Crippen molar-refractivity contribution in [1.82, 2.24) is 0 Å². The van der Waals surface area contributed by atoms with Crippen molar-refractivity contribution in [3.63, 3.8) is 0 Å². The normalized spacial score (nSPS) is 22.9. The van der Waals surface area contributed by atoms with Gasteiger partial charge in [-0.1, -0.05) is 84.9 Å². The average Bonchev–Trinajstić information content (AvgIpc) is 3.19. The maximum absolute atomic E-state index is 13.6. The third-order valence-electron chi connectivity index (χ3n) is 8.67. The van der Waals surface area contributed by atoms with E-state index in [4.69, 9.17) is 0 Å². The van der Waals surface area contributed by atoms with Crippen molar-refractivity contribution >= 4 is 39.7 Å². The van der Waals surface area contributed by atoms with Crippen molar-refractivity contribution in [3.8, 4) is 0 Å². The highest BCUT2D eigenvalue weighted by molar-refractivity contribution is 6.01. The Balaban J connectivity index is 1.34. The van der Waals surface area contributed by atoms with Gasteiger partial charge in [0.2, 0.25) is 0 Å². The van der Waals surface area contributed by atoms with E-state index in [2.05, 4.69) is 46.2 Å². The summed E-state index contributed by atoms with van der Waals surface area (Å²) >= 11 is 0. The third kappa shape index (κ3) is 3.59. The first-order chi connectivity index (χ1) is 19.5. The predicted molar refractivity (Wildman–Crippen MR) is 160 cm³/mol. The topological polar surface area (TPSA) is 64.0 Å². The number of aliphatic hydroxyl groups is 2. The Kier molecular flexibility index (Phi) is 5.74. The smallest absolute Gasteiger partial charge is 0.171 e. The second-order valence-corrected chi connectivity index (χ2v) is 10.8. The number of Topliss-reactive ketones (excluding diaryl/α,β-unsaturated/α-hetero) is 1. The first-order valence-electron chi connectivity index (χ1n) is 13.6. The molecule has 1 fully saturated rings. The summed E-state index contributed by atoms with van der Waals surface area (Å²) in [7, 11) is 4.07. The Morgan fingerprint density at radius 2 is 0.925 bits per heavy atom. The summed E-state index contributed by atoms with van der Waals surface area (Å²) in [5.74, 6) is -1.94. The van der Waals surface area contributed by atoms with Crippen LogP contribution in [0.25, 0.3) is 11.1 Å². The number of fused-ring (bicyclic) bond motifs is 4. The van der Waals surface area contributed by atoms with E-state index in [0.717, 1.165) is 56.1 Å². The number of carbonyl (C=O) groups excluding carboxylic acids is 1. The molecule has 5 heteroatoms. The molecule has 0 spiro atoms. The van der Waals surface area contributed by atoms with Gasteiger partial charge in [-0.2, -0.15) is 0 Å². The van der Waals surface area contributed by atoms with Crippen LogP contribution in [0.2, 0.25) is 0 Å². The lowest BCUT2D eigenvalue weighted by Gasteiger charge is -2.32. The fourth-order valence-corrected chi connectivity index (χ4v) is 6.61. The first kappa shape index (κ1) is 24.6. The summed E-state index contributed by atoms with van der Waals surface area (Å²) < 4.78 is 0. The van der Waals surface area contributed by atoms with E-state index in [1.807, 2.05) is 86.9 Å². The number of aliphatic hydroxyl groups excluding tert-OH is 2. The van der Waals surface area contributed by atoms with Gasteiger partial charge in [0.1, 0.15) is 6.10 Å². The van der Waals surface area contributed by atoms with E-state index >= 15 is 0 Å². The van der Waals surface area contributed by atoms with E-state index in [-0.39, 0.29) is 5.78 Å². The molecule has 4 aromatic rings. The zero-order valence-corrected chi connectivity index (χ0v) is 22.4. The van der Waals surface area contributed by atoms with Crippen molar-refractivity contribution in [3.05, 3.63) is 131 Å². The van der Waals surface area contributed by atoms with Gasteiger partial charge in [-0.3, -0.25) is 4.79 Å². The molecule has 4 atom stereocenters. The zero-order valence-electron chi connectivity index (χ0n) is 22.4. The fourth-order valence-electron chi connectivity index (χ4n) is 6.61. The molecule has 40 heavy (non-hydrogen) atoms. The van der Waals surface area contributed by atoms with Crippen molar-refractivity contribution in [2.45, 2.75) is 12.2 Å². The van der Waals surface area contributed by atoms with Gasteiger partial charge in [0, 0.05) is 65.0 Å². The molecule has 198 valence electrons. The molecular formula is C35H30N2O3. The summed E-state index contributed by atoms with van der Waals surface area (Å²) in [6.07, 6.45) is 1.41. The van der Waals surface area contributed by atoms with Crippen LogP contribution in [-0.2, 0) is 4.79 Å². The van der Waals surface area contributed by atoms with Crippen molar-refractivity contribution < 1.29 is 15.0 Å². The van der Waals surface area contributed by atoms with E-state index in [1.54, 1.807) is 0 Å². The van der Waals surface area contributed by atoms with Gasteiger partial charge in [0.25, 0.3) is 0 Å². The molecular weight excluding hydrogens is 496 g/mol. The molecule has 4 unspecified atom stereocenters. The lowest BCUT2D eigenvalue weighted by molar-refractivity contribution is -0.127. The SMILES string of the molecule is CN1c2ccccc2C(=CC2C(=O)C(O)C(C=C3c4ccccc4N(C)c4ccccc43)C2O)c2ccccc21. The van der Waals surface area contributed by atoms with Gasteiger partial charge < -0.3 is 20.0 Å². The Morgan fingerprint density at radius 1 is 0.575 bits per heavy atom. The summed E-state index contributed by atoms with van der Waals surface area (Å²) in [4.78, 5) is 17.9. The van der Waals surface area contributed by atoms with Gasteiger partial charge in [0.05, 0.1) is 12.0 Å². The number of anilines is 4. The second-order valence-electron chi connectivity index (χ2n) is 10.8. The van der Waals surface area contributed by atoms with Gasteiger partial charge in [0.15, 0.2) is 5.78 Å². The molecule has 4 aromatic carbocycles. The highest BCUT2D eigenvalue weighted by Gasteiger charge is 2.47. The molecule has 0 aromatic heterocycles. The molecule has 2 N–H and O–H groups in total. The summed E-state index contributed by atoms with van der Waals surface area (Å²) in [5.41, 5.74) is 9.98. The number of hydrogen-bond acceptors (Lipinski definition) is 5. The lowest BCUT2D eigenvalue weighted by Crippen LogP contribution is -2.25. The Morgan fingerprint density at radius 3 is 1.32 bits per heavy atom. The van der Waals surface area contributed by atoms with Crippen molar-refractivity contribution in [1.29, 1.82) is 0 Å². The number of rotatable bonds is 2. The van der Waals surface area contributed by atoms with Crippen LogP contribution in [0.4, 0.5) is 22.7 Å². The highest BCUT2D eigenvalue weighted by atomic mass is 16.3. The van der Waals surface area contributed by atoms with E-state index in [9.17, 15) is 15.0 Å². The highest BCUT2D eigenvalue weighted by Crippen LogP contribution is 2.48. The predicted octanol–water partition coefficient (Wildman–Crippen LogP) is 5.95. The van der Waals surface area contributed by atoms with Crippen LogP contribution in [0.1, 0.15) is 22.3 Å². The summed E-state index contributed by atoms with van der Waals surface area (Å²) in [5, 5.41) is 22.9. The maximum Gasteiger partial charge on any atom is 0.171 e. The van der Waals surface area contributed by atoms with Gasteiger partial charge in [-0.05, 0) is 35.4 Å². The van der Waals surface area contributed by atoms with Crippen LogP contribution in [0, 0.1) is 11.8 Å². The van der Waals surface area contributed by atoms with Gasteiger partial charge >= 0.3 is 0 Å². The van der Waals surface area contributed by atoms with Crippen LogP contribution >= 0.6 is 0 Å². The Hall–Kier alpha value is -4.45. The van der Waals surface area contributed by atoms with Crippen LogP contribution in [0.3, 0.4) is 0 Å². The minimum Gasteiger partial charge on any atom is -0.391 e. The number of benzene rings is 4.